The van der Waals surface area contributed by atoms with Crippen LogP contribution in [0.25, 0.3) is 0 Å². The molecule has 0 saturated heterocycles. The largest absolute Gasteiger partial charge is 0.468 e. The molecule has 0 aliphatic rings. The normalized spacial score (nSPS) is 14.8. The number of carbonyl (C=O) groups is 3. The van der Waals surface area contributed by atoms with E-state index in [1.807, 2.05) is 90.7 Å². The van der Waals surface area contributed by atoms with Crippen molar-refractivity contribution in [2.75, 3.05) is 41.3 Å². The first-order valence-electron chi connectivity index (χ1n) is 12.6. The van der Waals surface area contributed by atoms with Gasteiger partial charge in [0.15, 0.2) is 0 Å². The lowest BCUT2D eigenvalue weighted by molar-refractivity contribution is -0.143. The summed E-state index contributed by atoms with van der Waals surface area (Å²) < 4.78 is 4.78. The fraction of sp³-hybridized carbons (Fsp3) is 0.679. The van der Waals surface area contributed by atoms with Gasteiger partial charge in [-0.05, 0) is 31.0 Å². The minimum atomic E-state index is -0.732. The van der Waals surface area contributed by atoms with E-state index >= 15 is 0 Å². The Morgan fingerprint density at radius 1 is 0.972 bits per heavy atom. The molecule has 8 nitrogen and oxygen atoms in total. The number of rotatable bonds is 12. The van der Waals surface area contributed by atoms with Crippen molar-refractivity contribution in [3.05, 3.63) is 35.9 Å². The zero-order valence-corrected chi connectivity index (χ0v) is 24.1. The number of benzene rings is 1. The molecule has 1 unspecified atom stereocenters. The van der Waals surface area contributed by atoms with E-state index in [1.54, 1.807) is 19.0 Å². The van der Waals surface area contributed by atoms with Crippen LogP contribution in [0.15, 0.2) is 30.3 Å². The number of amides is 2. The van der Waals surface area contributed by atoms with Crippen molar-refractivity contribution in [3.8, 4) is 0 Å². The van der Waals surface area contributed by atoms with Crippen molar-refractivity contribution in [3.63, 3.8) is 0 Å². The van der Waals surface area contributed by atoms with E-state index in [2.05, 4.69) is 10.6 Å². The number of nitrogens with one attached hydrogen (secondary N) is 2. The van der Waals surface area contributed by atoms with Crippen molar-refractivity contribution in [1.29, 1.82) is 0 Å². The second kappa shape index (κ2) is 13.2. The molecule has 2 amide bonds. The monoisotopic (exact) mass is 504 g/mol. The fourth-order valence-electron chi connectivity index (χ4n) is 4.54. The van der Waals surface area contributed by atoms with Gasteiger partial charge in [0.1, 0.15) is 6.04 Å². The molecule has 8 heteroatoms. The Hall–Kier alpha value is -2.45. The molecule has 0 radical (unpaired) electrons. The van der Waals surface area contributed by atoms with Gasteiger partial charge in [-0.2, -0.15) is 0 Å². The van der Waals surface area contributed by atoms with Gasteiger partial charge in [-0.15, -0.1) is 0 Å². The van der Waals surface area contributed by atoms with E-state index in [-0.39, 0.29) is 36.3 Å². The smallest absolute Gasteiger partial charge is 0.319 e. The van der Waals surface area contributed by atoms with Gasteiger partial charge in [-0.1, -0.05) is 78.8 Å². The van der Waals surface area contributed by atoms with Crippen LogP contribution in [0.3, 0.4) is 0 Å². The van der Waals surface area contributed by atoms with Gasteiger partial charge >= 0.3 is 5.97 Å². The molecule has 1 aromatic carbocycles. The van der Waals surface area contributed by atoms with Gasteiger partial charge in [-0.25, -0.2) is 0 Å². The zero-order chi connectivity index (χ0) is 27.8. The summed E-state index contributed by atoms with van der Waals surface area (Å²) in [5.74, 6) is -0.573. The maximum atomic E-state index is 13.8. The lowest BCUT2D eigenvalue weighted by atomic mass is 9.76. The fourth-order valence-corrected chi connectivity index (χ4v) is 4.54. The first-order chi connectivity index (χ1) is 16.6. The topological polar surface area (TPSA) is 91.0 Å². The molecular weight excluding hydrogens is 456 g/mol. The predicted molar refractivity (Wildman–Crippen MR) is 145 cm³/mol. The third-order valence-electron chi connectivity index (χ3n) is 6.93. The molecule has 1 rings (SSSR count). The van der Waals surface area contributed by atoms with E-state index in [1.165, 1.54) is 7.11 Å². The number of esters is 1. The van der Waals surface area contributed by atoms with Crippen LogP contribution in [0.1, 0.15) is 54.0 Å². The number of hydrogen-bond donors (Lipinski definition) is 2. The Morgan fingerprint density at radius 2 is 1.53 bits per heavy atom. The van der Waals surface area contributed by atoms with E-state index in [4.69, 9.17) is 4.74 Å². The summed E-state index contributed by atoms with van der Waals surface area (Å²) in [6.07, 6.45) is 0. The van der Waals surface area contributed by atoms with Crippen LogP contribution >= 0.6 is 0 Å². The van der Waals surface area contributed by atoms with Crippen molar-refractivity contribution >= 4 is 17.8 Å². The quantitative estimate of drug-likeness (QED) is 0.426. The molecule has 204 valence electrons. The summed E-state index contributed by atoms with van der Waals surface area (Å²) >= 11 is 0. The van der Waals surface area contributed by atoms with Gasteiger partial charge in [0, 0.05) is 25.0 Å². The molecule has 36 heavy (non-hydrogen) atoms. The summed E-state index contributed by atoms with van der Waals surface area (Å²) in [7, 11) is 6.73. The van der Waals surface area contributed by atoms with E-state index in [0.717, 1.165) is 5.56 Å². The van der Waals surface area contributed by atoms with Crippen molar-refractivity contribution in [1.82, 2.24) is 20.4 Å². The first-order valence-corrected chi connectivity index (χ1v) is 12.6. The van der Waals surface area contributed by atoms with E-state index in [9.17, 15) is 14.4 Å². The second-order valence-electron chi connectivity index (χ2n) is 11.7. The summed E-state index contributed by atoms with van der Waals surface area (Å²) in [5.41, 5.74) is 0.00763. The number of ether oxygens (including phenoxy) is 1. The molecule has 1 aromatic rings. The second-order valence-corrected chi connectivity index (χ2v) is 11.7. The number of nitrogens with zero attached hydrogens (tertiary/aromatic N) is 2. The van der Waals surface area contributed by atoms with Gasteiger partial charge in [0.05, 0.1) is 19.7 Å². The number of methoxy groups -OCH3 is 1. The number of carbonyl (C=O) groups excluding carboxylic acids is 3. The lowest BCUT2D eigenvalue weighted by Gasteiger charge is -2.41. The first kappa shape index (κ1) is 31.6. The minimum absolute atomic E-state index is 0.137. The summed E-state index contributed by atoms with van der Waals surface area (Å²) in [4.78, 5) is 42.7. The van der Waals surface area contributed by atoms with Gasteiger partial charge in [0.2, 0.25) is 11.8 Å². The summed E-state index contributed by atoms with van der Waals surface area (Å²) in [5, 5.41) is 6.24. The molecule has 0 spiro atoms. The highest BCUT2D eigenvalue weighted by atomic mass is 16.5. The molecule has 0 aliphatic carbocycles. The Kier molecular flexibility index (Phi) is 11.6. The SMILES string of the molecule is CNC(C(=O)N[C@H](C(=O)N(C)[C@H](CN(C)CC(=O)OC)C(C)C)C(C)(C)C)C(C)(C)c1ccccc1. The van der Waals surface area contributed by atoms with Crippen LogP contribution in [0.4, 0.5) is 0 Å². The molecule has 0 saturated carbocycles. The molecule has 0 bridgehead atoms. The van der Waals surface area contributed by atoms with Crippen LogP contribution in [0.5, 0.6) is 0 Å². The molecule has 0 aliphatic heterocycles. The Bertz CT molecular complexity index is 864. The molecule has 3 atom stereocenters. The average molecular weight is 505 g/mol. The standard InChI is InChI=1S/C28H48N4O4/c1-19(2)21(17-31(9)18-22(33)36-11)32(10)26(35)24(27(3,4)5)30-25(34)23(29-8)28(6,7)20-15-13-12-14-16-20/h12-16,19,21,23-24,29H,17-18H2,1-11H3,(H,30,34)/t21-,23?,24-/m1/s1. The minimum Gasteiger partial charge on any atom is -0.468 e. The molecule has 2 N–H and O–H groups in total. The third kappa shape index (κ3) is 8.30. The summed E-state index contributed by atoms with van der Waals surface area (Å²) in [6.45, 7) is 14.6. The summed E-state index contributed by atoms with van der Waals surface area (Å²) in [6, 6.07) is 8.45. The maximum Gasteiger partial charge on any atom is 0.319 e. The Labute approximate surface area is 218 Å². The predicted octanol–water partition coefficient (Wildman–Crippen LogP) is 2.67. The zero-order valence-electron chi connectivity index (χ0n) is 24.1. The highest BCUT2D eigenvalue weighted by Crippen LogP contribution is 2.29. The van der Waals surface area contributed by atoms with Crippen molar-refractivity contribution in [2.24, 2.45) is 11.3 Å². The van der Waals surface area contributed by atoms with E-state index in [0.29, 0.717) is 6.54 Å². The highest BCUT2D eigenvalue weighted by Gasteiger charge is 2.41. The van der Waals surface area contributed by atoms with Gasteiger partial charge in [0.25, 0.3) is 0 Å². The van der Waals surface area contributed by atoms with Crippen LogP contribution in [-0.4, -0.2) is 87.1 Å². The number of likely N-dealkylation sites (N-methyl/N-ethyl adjacent to an activating group) is 3. The lowest BCUT2D eigenvalue weighted by Crippen LogP contribution is -2.62. The molecule has 0 fully saturated rings. The Morgan fingerprint density at radius 3 is 1.97 bits per heavy atom. The average Bonchev–Trinajstić information content (AvgIpc) is 2.79. The molecule has 0 aromatic heterocycles. The Balaban J connectivity index is 3.18. The van der Waals surface area contributed by atoms with Crippen molar-refractivity contribution < 1.29 is 19.1 Å². The van der Waals surface area contributed by atoms with Crippen LogP contribution in [0, 0.1) is 11.3 Å². The van der Waals surface area contributed by atoms with Crippen LogP contribution < -0.4 is 10.6 Å². The van der Waals surface area contributed by atoms with E-state index < -0.39 is 22.9 Å². The maximum absolute atomic E-state index is 13.8. The van der Waals surface area contributed by atoms with Crippen LogP contribution in [-0.2, 0) is 24.5 Å². The molecule has 0 heterocycles. The third-order valence-corrected chi connectivity index (χ3v) is 6.93. The number of hydrogen-bond acceptors (Lipinski definition) is 6. The highest BCUT2D eigenvalue weighted by molar-refractivity contribution is 5.91. The van der Waals surface area contributed by atoms with Gasteiger partial charge < -0.3 is 20.3 Å². The molecular formula is C28H48N4O4. The van der Waals surface area contributed by atoms with Crippen molar-refractivity contribution in [2.45, 2.75) is 72.0 Å². The van der Waals surface area contributed by atoms with Crippen LogP contribution in [0.2, 0.25) is 0 Å². The van der Waals surface area contributed by atoms with Gasteiger partial charge in [-0.3, -0.25) is 19.3 Å².